The van der Waals surface area contributed by atoms with Gasteiger partial charge in [0.05, 0.1) is 21.6 Å². The van der Waals surface area contributed by atoms with Crippen molar-refractivity contribution in [3.8, 4) is 0 Å². The summed E-state index contributed by atoms with van der Waals surface area (Å²) < 4.78 is 7.31. The van der Waals surface area contributed by atoms with E-state index in [1.54, 1.807) is 11.5 Å². The molecule has 3 rings (SSSR count). The van der Waals surface area contributed by atoms with Crippen LogP contribution < -0.4 is 5.32 Å². The van der Waals surface area contributed by atoms with Gasteiger partial charge >= 0.3 is 0 Å². The number of nitrogens with zero attached hydrogens (tertiary/aromatic N) is 3. The molecule has 17 heavy (non-hydrogen) atoms. The zero-order valence-electron chi connectivity index (χ0n) is 9.21. The first-order chi connectivity index (χ1) is 8.33. The molecular formula is C11H13BrN4S. The smallest absolute Gasteiger partial charge is 0.0552 e. The third-order valence-corrected chi connectivity index (χ3v) is 4.90. The van der Waals surface area contributed by atoms with Crippen LogP contribution >= 0.6 is 27.5 Å². The average molecular weight is 313 g/mol. The fourth-order valence-electron chi connectivity index (χ4n) is 2.07. The topological polar surface area (TPSA) is 42.7 Å². The molecule has 0 aliphatic heterocycles. The van der Waals surface area contributed by atoms with Gasteiger partial charge in [-0.05, 0) is 46.4 Å². The van der Waals surface area contributed by atoms with Gasteiger partial charge in [-0.25, -0.2) is 0 Å². The lowest BCUT2D eigenvalue weighted by Crippen LogP contribution is -2.41. The van der Waals surface area contributed by atoms with E-state index >= 15 is 0 Å². The van der Waals surface area contributed by atoms with Gasteiger partial charge in [0.1, 0.15) is 0 Å². The summed E-state index contributed by atoms with van der Waals surface area (Å²) in [6.07, 6.45) is 8.07. The van der Waals surface area contributed by atoms with Gasteiger partial charge in [0.25, 0.3) is 0 Å². The van der Waals surface area contributed by atoms with Crippen molar-refractivity contribution in [1.29, 1.82) is 0 Å². The molecule has 1 saturated carbocycles. The number of rotatable bonds is 4. The van der Waals surface area contributed by atoms with Crippen LogP contribution in [0.15, 0.2) is 29.1 Å². The first kappa shape index (κ1) is 11.4. The van der Waals surface area contributed by atoms with E-state index in [2.05, 4.69) is 35.4 Å². The van der Waals surface area contributed by atoms with Crippen LogP contribution in [0.2, 0.25) is 0 Å². The lowest BCUT2D eigenvalue weighted by molar-refractivity contribution is 0.209. The average Bonchev–Trinajstić information content (AvgIpc) is 2.88. The fourth-order valence-corrected chi connectivity index (χ4v) is 3.24. The Kier molecular flexibility index (Phi) is 3.26. The molecular weight excluding hydrogens is 300 g/mol. The fraction of sp³-hybridized carbons (Fsp3) is 0.455. The van der Waals surface area contributed by atoms with Crippen LogP contribution in [0, 0.1) is 0 Å². The number of aromatic nitrogens is 3. The lowest BCUT2D eigenvalue weighted by atomic mass is 9.87. The Morgan fingerprint density at radius 1 is 1.53 bits per heavy atom. The van der Waals surface area contributed by atoms with Crippen LogP contribution in [0.5, 0.6) is 0 Å². The molecule has 0 atom stereocenters. The summed E-state index contributed by atoms with van der Waals surface area (Å²) in [6, 6.07) is 3.17. The van der Waals surface area contributed by atoms with E-state index < -0.39 is 0 Å². The van der Waals surface area contributed by atoms with Gasteiger partial charge in [0, 0.05) is 25.0 Å². The Labute approximate surface area is 112 Å². The van der Waals surface area contributed by atoms with Crippen LogP contribution in [0.3, 0.4) is 0 Å². The SMILES string of the molecule is Brc1cnsc1CNC1CC(n2cccn2)C1. The normalized spacial score (nSPS) is 23.6. The molecule has 1 N–H and O–H groups in total. The molecule has 1 fully saturated rings. The molecule has 90 valence electrons. The first-order valence-electron chi connectivity index (χ1n) is 5.64. The van der Waals surface area contributed by atoms with Crippen LogP contribution in [0.25, 0.3) is 0 Å². The van der Waals surface area contributed by atoms with Crippen molar-refractivity contribution in [2.24, 2.45) is 0 Å². The second kappa shape index (κ2) is 4.88. The summed E-state index contributed by atoms with van der Waals surface area (Å²) in [7, 11) is 0. The minimum atomic E-state index is 0.576. The van der Waals surface area contributed by atoms with E-state index in [9.17, 15) is 0 Å². The summed E-state index contributed by atoms with van der Waals surface area (Å²) in [5, 5.41) is 7.82. The van der Waals surface area contributed by atoms with E-state index in [0.29, 0.717) is 12.1 Å². The highest BCUT2D eigenvalue weighted by molar-refractivity contribution is 9.10. The molecule has 0 saturated heterocycles. The molecule has 0 radical (unpaired) electrons. The lowest BCUT2D eigenvalue weighted by Gasteiger charge is -2.36. The van der Waals surface area contributed by atoms with Gasteiger partial charge in [-0.15, -0.1) is 0 Å². The molecule has 1 aliphatic rings. The summed E-state index contributed by atoms with van der Waals surface area (Å²) >= 11 is 5.04. The maximum atomic E-state index is 4.27. The van der Waals surface area contributed by atoms with Crippen molar-refractivity contribution in [1.82, 2.24) is 19.5 Å². The molecule has 0 bridgehead atoms. The van der Waals surface area contributed by atoms with E-state index in [1.807, 2.05) is 24.7 Å². The second-order valence-electron chi connectivity index (χ2n) is 4.29. The first-order valence-corrected chi connectivity index (χ1v) is 7.21. The maximum Gasteiger partial charge on any atom is 0.0552 e. The van der Waals surface area contributed by atoms with Crippen molar-refractivity contribution >= 4 is 27.5 Å². The summed E-state index contributed by atoms with van der Waals surface area (Å²) in [4.78, 5) is 1.27. The van der Waals surface area contributed by atoms with E-state index in [1.165, 1.54) is 4.88 Å². The molecule has 2 aromatic rings. The Balaban J connectivity index is 1.46. The molecule has 6 heteroatoms. The Bertz CT molecular complexity index is 475. The highest BCUT2D eigenvalue weighted by Gasteiger charge is 2.30. The largest absolute Gasteiger partial charge is 0.309 e. The molecule has 0 amide bonds. The number of halogens is 1. The monoisotopic (exact) mass is 312 g/mol. The Hall–Kier alpha value is -0.720. The molecule has 0 spiro atoms. The Morgan fingerprint density at radius 2 is 2.41 bits per heavy atom. The van der Waals surface area contributed by atoms with Gasteiger partial charge in [-0.2, -0.15) is 9.47 Å². The third-order valence-electron chi connectivity index (χ3n) is 3.16. The quantitative estimate of drug-likeness (QED) is 0.943. The van der Waals surface area contributed by atoms with Gasteiger partial charge in [-0.1, -0.05) is 0 Å². The minimum Gasteiger partial charge on any atom is -0.309 e. The number of hydrogen-bond donors (Lipinski definition) is 1. The summed E-state index contributed by atoms with van der Waals surface area (Å²) in [5.41, 5.74) is 0. The molecule has 0 unspecified atom stereocenters. The van der Waals surface area contributed by atoms with Crippen LogP contribution in [0.1, 0.15) is 23.8 Å². The molecule has 1 aliphatic carbocycles. The van der Waals surface area contributed by atoms with Gasteiger partial charge in [0.2, 0.25) is 0 Å². The van der Waals surface area contributed by atoms with Crippen LogP contribution in [0.4, 0.5) is 0 Å². The third kappa shape index (κ3) is 2.43. The molecule has 2 aromatic heterocycles. The van der Waals surface area contributed by atoms with Crippen molar-refractivity contribution < 1.29 is 0 Å². The van der Waals surface area contributed by atoms with Gasteiger partial charge < -0.3 is 5.32 Å². The standard InChI is InChI=1S/C11H13BrN4S/c12-10-6-15-17-11(10)7-13-8-4-9(5-8)16-3-1-2-14-16/h1-3,6,8-9,13H,4-5,7H2. The summed E-state index contributed by atoms with van der Waals surface area (Å²) in [5.74, 6) is 0. The van der Waals surface area contributed by atoms with Crippen LogP contribution in [-0.2, 0) is 6.54 Å². The predicted octanol–water partition coefficient (Wildman–Crippen LogP) is 2.60. The van der Waals surface area contributed by atoms with E-state index in [0.717, 1.165) is 23.9 Å². The van der Waals surface area contributed by atoms with E-state index in [4.69, 9.17) is 0 Å². The number of nitrogens with one attached hydrogen (secondary N) is 1. The zero-order chi connectivity index (χ0) is 11.7. The zero-order valence-corrected chi connectivity index (χ0v) is 11.6. The molecule has 2 heterocycles. The second-order valence-corrected chi connectivity index (χ2v) is 6.03. The molecule has 0 aromatic carbocycles. The predicted molar refractivity (Wildman–Crippen MR) is 70.9 cm³/mol. The Morgan fingerprint density at radius 3 is 3.06 bits per heavy atom. The van der Waals surface area contributed by atoms with Crippen LogP contribution in [-0.4, -0.2) is 20.2 Å². The van der Waals surface area contributed by atoms with Gasteiger partial charge in [0.15, 0.2) is 0 Å². The molecule has 4 nitrogen and oxygen atoms in total. The minimum absolute atomic E-state index is 0.576. The van der Waals surface area contributed by atoms with Crippen molar-refractivity contribution in [2.45, 2.75) is 31.5 Å². The van der Waals surface area contributed by atoms with Gasteiger partial charge in [-0.3, -0.25) is 4.68 Å². The number of hydrogen-bond acceptors (Lipinski definition) is 4. The van der Waals surface area contributed by atoms with Crippen molar-refractivity contribution in [3.05, 3.63) is 34.0 Å². The van der Waals surface area contributed by atoms with Crippen molar-refractivity contribution in [3.63, 3.8) is 0 Å². The summed E-state index contributed by atoms with van der Waals surface area (Å²) in [6.45, 7) is 0.905. The van der Waals surface area contributed by atoms with Crippen molar-refractivity contribution in [2.75, 3.05) is 0 Å². The maximum absolute atomic E-state index is 4.27. The highest BCUT2D eigenvalue weighted by atomic mass is 79.9. The highest BCUT2D eigenvalue weighted by Crippen LogP contribution is 2.32. The van der Waals surface area contributed by atoms with E-state index in [-0.39, 0.29) is 0 Å².